The molecule has 0 bridgehead atoms. The SMILES string of the molecule is CCC(F)(F)C(F)(F)C(F)(F)CCOC(F)(F)F.CCOC(=O)C(COC)C(=O)OCC.CCOC(=O)CC(=O)OCC.COC=C(F)F. The summed E-state index contributed by atoms with van der Waals surface area (Å²) in [4.78, 5) is 43.7. The topological polar surface area (TPSA) is 133 Å². The lowest BCUT2D eigenvalue weighted by atomic mass is 10.0. The van der Waals surface area contributed by atoms with Crippen molar-refractivity contribution in [3.63, 3.8) is 0 Å². The van der Waals surface area contributed by atoms with Crippen LogP contribution in [0.15, 0.2) is 12.3 Å². The van der Waals surface area contributed by atoms with Crippen molar-refractivity contribution < 1.29 is 101 Å². The highest BCUT2D eigenvalue weighted by Crippen LogP contribution is 2.48. The lowest BCUT2D eigenvalue weighted by Crippen LogP contribution is -2.54. The van der Waals surface area contributed by atoms with Crippen LogP contribution in [-0.4, -0.2) is 102 Å². The second-order valence-electron chi connectivity index (χ2n) is 8.32. The summed E-state index contributed by atoms with van der Waals surface area (Å²) in [7, 11) is 2.57. The van der Waals surface area contributed by atoms with Gasteiger partial charge in [-0.3, -0.25) is 23.9 Å². The Kier molecular flexibility index (Phi) is 29.3. The van der Waals surface area contributed by atoms with E-state index in [0.29, 0.717) is 13.2 Å². The van der Waals surface area contributed by atoms with Gasteiger partial charge >= 0.3 is 54.1 Å². The third-order valence-electron chi connectivity index (χ3n) is 4.63. The molecule has 0 aromatic heterocycles. The zero-order valence-electron chi connectivity index (χ0n) is 27.7. The van der Waals surface area contributed by atoms with Crippen LogP contribution in [0.3, 0.4) is 0 Å². The molecule has 0 aliphatic carbocycles. The van der Waals surface area contributed by atoms with E-state index in [-0.39, 0.29) is 39.5 Å². The van der Waals surface area contributed by atoms with Crippen LogP contribution >= 0.6 is 0 Å². The Bertz CT molecular complexity index is 923. The van der Waals surface area contributed by atoms with Crippen LogP contribution in [0.1, 0.15) is 53.9 Å². The Morgan fingerprint density at radius 3 is 1.33 bits per heavy atom. The Morgan fingerprint density at radius 1 is 0.653 bits per heavy atom. The van der Waals surface area contributed by atoms with Crippen molar-refractivity contribution in [1.82, 2.24) is 0 Å². The summed E-state index contributed by atoms with van der Waals surface area (Å²) in [5, 5.41) is 0. The summed E-state index contributed by atoms with van der Waals surface area (Å²) in [6, 6.07) is 0. The summed E-state index contributed by atoms with van der Waals surface area (Å²) in [5.74, 6) is -19.3. The molecule has 0 saturated carbocycles. The molecular formula is C27H41F11O11. The number of hydrogen-bond acceptors (Lipinski definition) is 11. The van der Waals surface area contributed by atoms with Gasteiger partial charge in [-0.25, -0.2) is 0 Å². The summed E-state index contributed by atoms with van der Waals surface area (Å²) in [6.45, 7) is 6.46. The predicted octanol–water partition coefficient (Wildman–Crippen LogP) is 6.48. The lowest BCUT2D eigenvalue weighted by molar-refractivity contribution is -0.342. The van der Waals surface area contributed by atoms with E-state index in [2.05, 4.69) is 18.9 Å². The molecule has 0 radical (unpaired) electrons. The number of alkyl halides is 9. The fourth-order valence-electron chi connectivity index (χ4n) is 2.46. The summed E-state index contributed by atoms with van der Waals surface area (Å²) in [5.41, 5.74) is 0. The van der Waals surface area contributed by atoms with Gasteiger partial charge in [0.1, 0.15) is 12.7 Å². The van der Waals surface area contributed by atoms with E-state index in [0.717, 1.165) is 0 Å². The number of methoxy groups -OCH3 is 2. The van der Waals surface area contributed by atoms with E-state index in [9.17, 15) is 67.5 Å². The van der Waals surface area contributed by atoms with Crippen molar-refractivity contribution in [1.29, 1.82) is 0 Å². The maximum Gasteiger partial charge on any atom is 0.522 e. The Morgan fingerprint density at radius 2 is 1.06 bits per heavy atom. The molecule has 0 aliphatic heterocycles. The summed E-state index contributed by atoms with van der Waals surface area (Å²) in [6.07, 6.45) is -10.8. The number of hydrogen-bond donors (Lipinski definition) is 0. The zero-order valence-corrected chi connectivity index (χ0v) is 27.7. The fourth-order valence-corrected chi connectivity index (χ4v) is 2.46. The van der Waals surface area contributed by atoms with Crippen LogP contribution < -0.4 is 0 Å². The standard InChI is InChI=1S/C9H16O5.C8H9F9O.C7H12O4.C3H4F2O/c1-4-13-8(10)7(6-12-3)9(11)14-5-2;1-2-5(9,10)7(13,14)6(11,12)3-4-18-8(15,16)17;1-3-10-6(8)5-7(9)11-4-2;1-6-2-3(4)5/h7H,4-6H2,1-3H3;2-4H2,1H3;3-5H2,1-2H3;2H,1H3. The third-order valence-corrected chi connectivity index (χ3v) is 4.63. The molecule has 292 valence electrons. The van der Waals surface area contributed by atoms with Crippen molar-refractivity contribution in [3.05, 3.63) is 12.3 Å². The molecule has 0 saturated heterocycles. The first kappa shape index (κ1) is 52.4. The molecular weight excluding hydrogens is 709 g/mol. The maximum atomic E-state index is 12.8. The summed E-state index contributed by atoms with van der Waals surface area (Å²) >= 11 is 0. The molecule has 0 aliphatic rings. The van der Waals surface area contributed by atoms with Crippen molar-refractivity contribution >= 4 is 23.9 Å². The van der Waals surface area contributed by atoms with E-state index >= 15 is 0 Å². The number of esters is 4. The smallest absolute Gasteiger partial charge is 0.499 e. The maximum absolute atomic E-state index is 12.8. The largest absolute Gasteiger partial charge is 0.522 e. The number of carbonyl (C=O) groups is 4. The minimum atomic E-state index is -5.75. The van der Waals surface area contributed by atoms with Crippen LogP contribution in [0.25, 0.3) is 0 Å². The van der Waals surface area contributed by atoms with Gasteiger partial charge < -0.3 is 28.4 Å². The van der Waals surface area contributed by atoms with Gasteiger partial charge in [0.15, 0.2) is 5.92 Å². The van der Waals surface area contributed by atoms with Gasteiger partial charge in [0.2, 0.25) is 0 Å². The van der Waals surface area contributed by atoms with Crippen LogP contribution in [0.5, 0.6) is 0 Å². The molecule has 0 N–H and O–H groups in total. The monoisotopic (exact) mass is 750 g/mol. The summed E-state index contributed by atoms with van der Waals surface area (Å²) < 4.78 is 162. The van der Waals surface area contributed by atoms with Gasteiger partial charge in [0, 0.05) is 20.0 Å². The highest BCUT2D eigenvalue weighted by Gasteiger charge is 2.70. The normalized spacial score (nSPS) is 11.2. The molecule has 49 heavy (non-hydrogen) atoms. The van der Waals surface area contributed by atoms with Gasteiger partial charge in [-0.05, 0) is 27.7 Å². The third kappa shape index (κ3) is 26.2. The van der Waals surface area contributed by atoms with Gasteiger partial charge in [-0.15, -0.1) is 13.2 Å². The van der Waals surface area contributed by atoms with Crippen LogP contribution in [0.4, 0.5) is 48.3 Å². The van der Waals surface area contributed by atoms with Crippen molar-refractivity contribution in [2.45, 2.75) is 78.0 Å². The van der Waals surface area contributed by atoms with E-state index in [1.54, 1.807) is 27.7 Å². The molecule has 0 amide bonds. The number of rotatable bonds is 17. The first-order valence-electron chi connectivity index (χ1n) is 13.9. The molecule has 0 rings (SSSR count). The second-order valence-corrected chi connectivity index (χ2v) is 8.32. The van der Waals surface area contributed by atoms with Crippen molar-refractivity contribution in [2.75, 3.05) is 53.9 Å². The van der Waals surface area contributed by atoms with Crippen LogP contribution in [0, 0.1) is 5.92 Å². The molecule has 0 spiro atoms. The Labute approximate surface area is 275 Å². The first-order chi connectivity index (χ1) is 22.4. The van der Waals surface area contributed by atoms with Crippen LogP contribution in [-0.2, 0) is 52.3 Å². The zero-order chi connectivity index (χ0) is 39.5. The lowest BCUT2D eigenvalue weighted by Gasteiger charge is -2.32. The first-order valence-corrected chi connectivity index (χ1v) is 13.9. The molecule has 0 aromatic rings. The molecule has 0 atom stereocenters. The van der Waals surface area contributed by atoms with Gasteiger partial charge in [-0.2, -0.15) is 35.1 Å². The molecule has 0 aromatic carbocycles. The Balaban J connectivity index is -0.000000292. The minimum Gasteiger partial charge on any atom is -0.499 e. The quantitative estimate of drug-likeness (QED) is 0.0532. The highest BCUT2D eigenvalue weighted by atomic mass is 19.4. The second kappa shape index (κ2) is 27.4. The Hall–Kier alpha value is -3.43. The van der Waals surface area contributed by atoms with Crippen molar-refractivity contribution in [3.8, 4) is 0 Å². The van der Waals surface area contributed by atoms with E-state index in [1.807, 2.05) is 0 Å². The van der Waals surface area contributed by atoms with Gasteiger partial charge in [0.05, 0.1) is 46.8 Å². The average Bonchev–Trinajstić information content (AvgIpc) is 2.96. The van der Waals surface area contributed by atoms with E-state index < -0.39 is 79.5 Å². The van der Waals surface area contributed by atoms with E-state index in [1.165, 1.54) is 14.2 Å². The number of ether oxygens (including phenoxy) is 7. The number of halogens is 11. The fraction of sp³-hybridized carbons (Fsp3) is 0.778. The number of carbonyl (C=O) groups excluding carboxylic acids is 4. The van der Waals surface area contributed by atoms with Gasteiger partial charge in [0.25, 0.3) is 0 Å². The van der Waals surface area contributed by atoms with Crippen molar-refractivity contribution in [2.24, 2.45) is 5.92 Å². The molecule has 0 fully saturated rings. The molecule has 11 nitrogen and oxygen atoms in total. The highest BCUT2D eigenvalue weighted by molar-refractivity contribution is 5.95. The molecule has 22 heteroatoms. The molecule has 0 heterocycles. The van der Waals surface area contributed by atoms with E-state index in [4.69, 9.17) is 14.2 Å². The average molecular weight is 751 g/mol. The van der Waals surface area contributed by atoms with Crippen LogP contribution in [0.2, 0.25) is 0 Å². The molecule has 0 unspecified atom stereocenters. The minimum absolute atomic E-state index is 0.0162. The van der Waals surface area contributed by atoms with Gasteiger partial charge in [-0.1, -0.05) is 6.92 Å². The predicted molar refractivity (Wildman–Crippen MR) is 146 cm³/mol.